The van der Waals surface area contributed by atoms with E-state index in [1.807, 2.05) is 0 Å². The number of hydrogen-bond donors (Lipinski definition) is 0. The molecular weight excluding hydrogens is 760 g/mol. The largest absolute Gasteiger partial charge is 1.00 e. The summed E-state index contributed by atoms with van der Waals surface area (Å²) in [6.45, 7) is 13.0. The van der Waals surface area contributed by atoms with Crippen LogP contribution in [0.2, 0.25) is 0 Å². The molecule has 242 valence electrons. The lowest BCUT2D eigenvalue weighted by Crippen LogP contribution is -3.00. The predicted molar refractivity (Wildman–Crippen MR) is 203 cm³/mol. The van der Waals surface area contributed by atoms with E-state index in [0.717, 1.165) is 18.3 Å². The minimum atomic E-state index is -0.136. The van der Waals surface area contributed by atoms with E-state index in [0.29, 0.717) is 0 Å². The minimum Gasteiger partial charge on any atom is -1.00 e. The molecule has 6 rings (SSSR count). The second kappa shape index (κ2) is 14.5. The highest BCUT2D eigenvalue weighted by Crippen LogP contribution is 2.53. The van der Waals surface area contributed by atoms with Gasteiger partial charge in [0.1, 0.15) is 6.54 Å². The average Bonchev–Trinajstić information content (AvgIpc) is 3.40. The van der Waals surface area contributed by atoms with Gasteiger partial charge in [-0.2, -0.15) is 4.58 Å². The van der Waals surface area contributed by atoms with Crippen molar-refractivity contribution in [3.63, 3.8) is 0 Å². The number of nitrogens with zero attached hydrogens (tertiary/aromatic N) is 2. The first kappa shape index (κ1) is 35.1. The fourth-order valence-corrected chi connectivity index (χ4v) is 8.98. The standard InChI is InChI=1S/C41H47Br2N2.BrH/c1-6-7-22-37(43)45-34-26-24-30-17-10-12-19-32(30)39(34)41(4,5)36(45)21-15-20-35-40(2,3)38-31-18-11-9-16-29(31)23-25-33(38)44(35)28-14-8-13-27-42;/h9-12,15-21,23-26,37H,6-8,13-14,22,27-28H2,1-5H3;1H/q+1;/p-1. The van der Waals surface area contributed by atoms with Crippen LogP contribution in [0, 0.1) is 0 Å². The Morgan fingerprint density at radius 3 is 2.11 bits per heavy atom. The number of hydrogen-bond acceptors (Lipinski definition) is 1. The van der Waals surface area contributed by atoms with Crippen LogP contribution in [0.25, 0.3) is 21.5 Å². The smallest absolute Gasteiger partial charge is 0.210 e. The Balaban J connectivity index is 0.00000417. The highest BCUT2D eigenvalue weighted by molar-refractivity contribution is 9.09. The van der Waals surface area contributed by atoms with E-state index in [9.17, 15) is 0 Å². The van der Waals surface area contributed by atoms with Gasteiger partial charge in [0.05, 0.1) is 10.4 Å². The lowest BCUT2D eigenvalue weighted by atomic mass is 9.79. The highest BCUT2D eigenvalue weighted by Gasteiger charge is 2.46. The van der Waals surface area contributed by atoms with Crippen molar-refractivity contribution < 1.29 is 21.6 Å². The maximum absolute atomic E-state index is 4.15. The van der Waals surface area contributed by atoms with E-state index in [2.05, 4.69) is 167 Å². The molecule has 0 saturated heterocycles. The third-order valence-corrected chi connectivity index (χ3v) is 11.5. The third kappa shape index (κ3) is 6.21. The molecule has 0 amide bonds. The molecule has 2 heterocycles. The number of unbranched alkanes of at least 4 members (excludes halogenated alkanes) is 3. The van der Waals surface area contributed by atoms with Crippen LogP contribution in [0.1, 0.15) is 84.3 Å². The quantitative estimate of drug-likeness (QED) is 0.0635. The zero-order valence-corrected chi connectivity index (χ0v) is 32.7. The zero-order valence-electron chi connectivity index (χ0n) is 27.9. The Kier molecular flexibility index (Phi) is 11.1. The normalized spacial score (nSPS) is 18.1. The second-order valence-corrected chi connectivity index (χ2v) is 15.6. The number of benzene rings is 4. The zero-order chi connectivity index (χ0) is 31.8. The molecule has 0 spiro atoms. The van der Waals surface area contributed by atoms with Crippen molar-refractivity contribution in [2.45, 2.75) is 88.9 Å². The Morgan fingerprint density at radius 1 is 0.783 bits per heavy atom. The molecule has 1 unspecified atom stereocenters. The summed E-state index contributed by atoms with van der Waals surface area (Å²) in [7, 11) is 0. The molecule has 0 fully saturated rings. The molecule has 5 heteroatoms. The van der Waals surface area contributed by atoms with Gasteiger partial charge in [0.2, 0.25) is 5.69 Å². The van der Waals surface area contributed by atoms with Crippen LogP contribution in [-0.2, 0) is 10.8 Å². The van der Waals surface area contributed by atoms with Crippen LogP contribution >= 0.6 is 31.9 Å². The van der Waals surface area contributed by atoms with Gasteiger partial charge in [-0.1, -0.05) is 126 Å². The van der Waals surface area contributed by atoms with Crippen molar-refractivity contribution in [1.29, 1.82) is 0 Å². The van der Waals surface area contributed by atoms with Gasteiger partial charge in [-0.3, -0.25) is 0 Å². The van der Waals surface area contributed by atoms with Crippen molar-refractivity contribution in [3.05, 3.63) is 108 Å². The Hall–Kier alpha value is -2.21. The molecule has 0 aliphatic carbocycles. The Morgan fingerprint density at radius 2 is 1.43 bits per heavy atom. The number of alkyl halides is 2. The van der Waals surface area contributed by atoms with Crippen molar-refractivity contribution in [1.82, 2.24) is 0 Å². The van der Waals surface area contributed by atoms with Gasteiger partial charge in [-0.15, -0.1) is 0 Å². The van der Waals surface area contributed by atoms with E-state index >= 15 is 0 Å². The number of anilines is 1. The lowest BCUT2D eigenvalue weighted by Gasteiger charge is -2.31. The summed E-state index contributed by atoms with van der Waals surface area (Å²) in [5.74, 6) is 0. The first-order chi connectivity index (χ1) is 21.7. The molecule has 0 N–H and O–H groups in total. The van der Waals surface area contributed by atoms with Crippen LogP contribution in [0.15, 0.2) is 96.7 Å². The second-order valence-electron chi connectivity index (χ2n) is 13.8. The summed E-state index contributed by atoms with van der Waals surface area (Å²) in [5.41, 5.74) is 8.08. The Labute approximate surface area is 303 Å². The van der Waals surface area contributed by atoms with Gasteiger partial charge < -0.3 is 21.9 Å². The fourth-order valence-electron chi connectivity index (χ4n) is 7.82. The number of rotatable bonds is 11. The van der Waals surface area contributed by atoms with Gasteiger partial charge in [-0.25, -0.2) is 0 Å². The summed E-state index contributed by atoms with van der Waals surface area (Å²) in [6.07, 6.45) is 14.3. The monoisotopic (exact) mass is 804 g/mol. The van der Waals surface area contributed by atoms with E-state index in [4.69, 9.17) is 0 Å². The van der Waals surface area contributed by atoms with Crippen molar-refractivity contribution >= 4 is 70.5 Å². The van der Waals surface area contributed by atoms with Crippen LogP contribution in [0.4, 0.5) is 11.4 Å². The summed E-state index contributed by atoms with van der Waals surface area (Å²) >= 11 is 7.78. The third-order valence-electron chi connectivity index (χ3n) is 10.0. The summed E-state index contributed by atoms with van der Waals surface area (Å²) in [4.78, 5) is 2.82. The van der Waals surface area contributed by atoms with Crippen molar-refractivity contribution in [2.75, 3.05) is 16.8 Å². The molecule has 2 nitrogen and oxygen atoms in total. The first-order valence-electron chi connectivity index (χ1n) is 16.8. The van der Waals surface area contributed by atoms with Crippen LogP contribution < -0.4 is 21.9 Å². The molecule has 46 heavy (non-hydrogen) atoms. The SMILES string of the molecule is CCCCC(Br)N1C(=CC=CC2=[N+](CCCCCBr)c3ccc4ccccc4c3C2(C)C)C(C)(C)c2c1ccc1ccccc21.[Br-]. The molecule has 2 aliphatic rings. The van der Waals surface area contributed by atoms with E-state index < -0.39 is 0 Å². The average molecular weight is 808 g/mol. The van der Waals surface area contributed by atoms with Gasteiger partial charge in [0, 0.05) is 46.3 Å². The molecule has 0 bridgehead atoms. The highest BCUT2D eigenvalue weighted by atomic mass is 79.9. The van der Waals surface area contributed by atoms with E-state index in [-0.39, 0.29) is 32.8 Å². The van der Waals surface area contributed by atoms with Crippen LogP contribution in [0.3, 0.4) is 0 Å². The molecule has 0 aromatic heterocycles. The molecule has 0 saturated carbocycles. The topological polar surface area (TPSA) is 6.25 Å². The molecule has 0 radical (unpaired) electrons. The van der Waals surface area contributed by atoms with Crippen LogP contribution in [-0.4, -0.2) is 27.1 Å². The molecule has 1 atom stereocenters. The maximum Gasteiger partial charge on any atom is 0.210 e. The number of halogens is 3. The predicted octanol–water partition coefficient (Wildman–Crippen LogP) is 9.09. The van der Waals surface area contributed by atoms with Gasteiger partial charge in [-0.05, 0) is 78.4 Å². The van der Waals surface area contributed by atoms with Crippen LogP contribution in [0.5, 0.6) is 0 Å². The molecule has 2 aliphatic heterocycles. The first-order valence-corrected chi connectivity index (χ1v) is 18.8. The van der Waals surface area contributed by atoms with Gasteiger partial charge in [0.25, 0.3) is 0 Å². The number of allylic oxidation sites excluding steroid dienone is 4. The van der Waals surface area contributed by atoms with Gasteiger partial charge >= 0.3 is 0 Å². The summed E-state index contributed by atoms with van der Waals surface area (Å²) in [5, 5.41) is 6.43. The summed E-state index contributed by atoms with van der Waals surface area (Å²) < 4.78 is 2.61. The van der Waals surface area contributed by atoms with Crippen molar-refractivity contribution in [3.8, 4) is 0 Å². The minimum absolute atomic E-state index is 0. The molecular formula is C41H47Br3N2. The molecule has 4 aromatic carbocycles. The van der Waals surface area contributed by atoms with Gasteiger partial charge in [0.15, 0.2) is 5.71 Å². The van der Waals surface area contributed by atoms with Crippen molar-refractivity contribution in [2.24, 2.45) is 0 Å². The Bertz CT molecular complexity index is 1810. The maximum atomic E-state index is 4.15. The summed E-state index contributed by atoms with van der Waals surface area (Å²) in [6, 6.07) is 27.1. The molecule has 4 aromatic rings. The van der Waals surface area contributed by atoms with E-state index in [1.54, 1.807) is 0 Å². The fraction of sp³-hybridized carbons (Fsp3) is 0.390. The lowest BCUT2D eigenvalue weighted by molar-refractivity contribution is -0.438. The van der Waals surface area contributed by atoms with E-state index in [1.165, 1.54) is 87.6 Å². The number of fused-ring (bicyclic) bond motifs is 6.